The fourth-order valence-corrected chi connectivity index (χ4v) is 12.8. The molecular formula is C25H38ClNO2Si. The molecule has 0 saturated carbocycles. The number of allylic oxidation sites excluding steroid dienone is 2. The second-order valence-corrected chi connectivity index (χ2v) is 15.5. The quantitative estimate of drug-likeness (QED) is 0.375. The number of rotatable bonds is 8. The van der Waals surface area contributed by atoms with Crippen molar-refractivity contribution in [3.8, 4) is 5.75 Å². The maximum Gasteiger partial charge on any atom is 0.419 e. The Balaban J connectivity index is 2.51. The molecule has 0 bridgehead atoms. The van der Waals surface area contributed by atoms with Crippen molar-refractivity contribution in [2.45, 2.75) is 90.4 Å². The number of nitrogens with zero attached hydrogens (tertiary/aromatic N) is 1. The largest absolute Gasteiger partial charge is 0.419 e. The van der Waals surface area contributed by atoms with Crippen LogP contribution in [0, 0.1) is 0 Å². The summed E-state index contributed by atoms with van der Waals surface area (Å²) in [5, 5.41) is 2.02. The summed E-state index contributed by atoms with van der Waals surface area (Å²) in [5.74, 6) is 0.562. The van der Waals surface area contributed by atoms with Gasteiger partial charge in [-0.15, -0.1) is 0 Å². The monoisotopic (exact) mass is 447 g/mol. The molecule has 166 valence electrons. The molecule has 30 heavy (non-hydrogen) atoms. The molecule has 0 fully saturated rings. The lowest BCUT2D eigenvalue weighted by molar-refractivity contribution is 0.159. The smallest absolute Gasteiger partial charge is 0.410 e. The van der Waals surface area contributed by atoms with Crippen LogP contribution in [-0.2, 0) is 0 Å². The zero-order valence-corrected chi connectivity index (χ0v) is 21.4. The van der Waals surface area contributed by atoms with Crippen molar-refractivity contribution in [1.29, 1.82) is 0 Å². The number of carbonyl (C=O) groups excluding carboxylic acids is 1. The normalized spacial score (nSPS) is 17.4. The van der Waals surface area contributed by atoms with Gasteiger partial charge in [0.15, 0.2) is 0 Å². The molecule has 0 spiro atoms. The van der Waals surface area contributed by atoms with Crippen LogP contribution >= 0.6 is 11.6 Å². The molecular weight excluding hydrogens is 410 g/mol. The van der Waals surface area contributed by atoms with E-state index in [-0.39, 0.29) is 12.1 Å². The predicted octanol–water partition coefficient (Wildman–Crippen LogP) is 8.28. The third-order valence-corrected chi connectivity index (χ3v) is 14.1. The maximum absolute atomic E-state index is 13.2. The first kappa shape index (κ1) is 24.7. The van der Waals surface area contributed by atoms with Gasteiger partial charge < -0.3 is 4.74 Å². The Morgan fingerprint density at radius 3 is 2.13 bits per heavy atom. The second kappa shape index (κ2) is 10.7. The molecule has 1 aromatic rings. The standard InChI is InChI=1S/C25H38ClNO2Si/c1-8-9-13-21-16-23(26)24(30(18(2)3,19(4)5)20(6)7)17-27(21)25(28)29-22-14-11-10-12-15-22/h10-12,14-21H,8-9,13H2,1-7H3. The van der Waals surface area contributed by atoms with Crippen molar-refractivity contribution in [3.05, 3.63) is 52.8 Å². The van der Waals surface area contributed by atoms with Gasteiger partial charge in [0.05, 0.1) is 14.1 Å². The highest BCUT2D eigenvalue weighted by molar-refractivity contribution is 6.91. The van der Waals surface area contributed by atoms with Crippen LogP contribution in [0.5, 0.6) is 5.75 Å². The zero-order valence-electron chi connectivity index (χ0n) is 19.6. The van der Waals surface area contributed by atoms with Crippen LogP contribution in [0.15, 0.2) is 52.8 Å². The zero-order chi connectivity index (χ0) is 22.5. The summed E-state index contributed by atoms with van der Waals surface area (Å²) in [6.07, 6.45) is 6.78. The Morgan fingerprint density at radius 1 is 1.07 bits per heavy atom. The van der Waals surface area contributed by atoms with Gasteiger partial charge >= 0.3 is 6.09 Å². The molecule has 1 atom stereocenters. The summed E-state index contributed by atoms with van der Waals surface area (Å²) in [6, 6.07) is 9.21. The molecule has 1 unspecified atom stereocenters. The van der Waals surface area contributed by atoms with E-state index in [4.69, 9.17) is 16.3 Å². The number of unbranched alkanes of at least 4 members (excludes halogenated alkanes) is 1. The SMILES string of the molecule is CCCCC1C=C(Cl)C([Si](C(C)C)(C(C)C)C(C)C)=CN1C(=O)Oc1ccccc1. The summed E-state index contributed by atoms with van der Waals surface area (Å²) in [7, 11) is -2.02. The first-order valence-electron chi connectivity index (χ1n) is 11.3. The molecule has 2 rings (SSSR count). The van der Waals surface area contributed by atoms with Crippen LogP contribution in [0.4, 0.5) is 4.79 Å². The summed E-state index contributed by atoms with van der Waals surface area (Å²) < 4.78 is 5.73. The highest BCUT2D eigenvalue weighted by atomic mass is 35.5. The van der Waals surface area contributed by atoms with E-state index >= 15 is 0 Å². The van der Waals surface area contributed by atoms with Crippen LogP contribution in [0.25, 0.3) is 0 Å². The highest BCUT2D eigenvalue weighted by Crippen LogP contribution is 2.50. The molecule has 0 radical (unpaired) electrons. The Hall–Kier alpha value is -1.52. The number of benzene rings is 1. The van der Waals surface area contributed by atoms with Gasteiger partial charge in [0.1, 0.15) is 5.75 Å². The van der Waals surface area contributed by atoms with E-state index in [2.05, 4.69) is 54.5 Å². The number of hydrogen-bond donors (Lipinski definition) is 0. The predicted molar refractivity (Wildman–Crippen MR) is 131 cm³/mol. The fraction of sp³-hybridized carbons (Fsp3) is 0.560. The minimum atomic E-state index is -2.02. The molecule has 1 aliphatic heterocycles. The van der Waals surface area contributed by atoms with Crippen LogP contribution in [-0.4, -0.2) is 25.1 Å². The maximum atomic E-state index is 13.2. The van der Waals surface area contributed by atoms with Crippen LogP contribution in [0.2, 0.25) is 16.6 Å². The molecule has 0 aliphatic carbocycles. The number of amides is 1. The van der Waals surface area contributed by atoms with Crippen molar-refractivity contribution in [2.75, 3.05) is 0 Å². The fourth-order valence-electron chi connectivity index (χ4n) is 5.35. The molecule has 1 heterocycles. The van der Waals surface area contributed by atoms with Gasteiger partial charge in [-0.2, -0.15) is 0 Å². The van der Waals surface area contributed by atoms with Crippen molar-refractivity contribution < 1.29 is 9.53 Å². The van der Waals surface area contributed by atoms with Crippen molar-refractivity contribution in [1.82, 2.24) is 4.90 Å². The molecule has 1 aromatic carbocycles. The van der Waals surface area contributed by atoms with E-state index in [0.717, 1.165) is 24.3 Å². The lowest BCUT2D eigenvalue weighted by Gasteiger charge is -2.47. The van der Waals surface area contributed by atoms with Gasteiger partial charge in [-0.25, -0.2) is 4.79 Å². The van der Waals surface area contributed by atoms with Crippen LogP contribution in [0.3, 0.4) is 0 Å². The summed E-state index contributed by atoms with van der Waals surface area (Å²) >= 11 is 6.95. The first-order valence-corrected chi connectivity index (χ1v) is 13.9. The minimum Gasteiger partial charge on any atom is -0.410 e. The molecule has 0 N–H and O–H groups in total. The van der Waals surface area contributed by atoms with E-state index in [1.807, 2.05) is 36.5 Å². The molecule has 0 saturated heterocycles. The van der Waals surface area contributed by atoms with Gasteiger partial charge in [0.25, 0.3) is 0 Å². The number of para-hydroxylation sites is 1. The van der Waals surface area contributed by atoms with Gasteiger partial charge in [0.2, 0.25) is 0 Å². The topological polar surface area (TPSA) is 29.5 Å². The van der Waals surface area contributed by atoms with Gasteiger partial charge in [-0.05, 0) is 46.4 Å². The summed E-state index contributed by atoms with van der Waals surface area (Å²) in [6.45, 7) is 16.0. The molecule has 3 nitrogen and oxygen atoms in total. The average Bonchev–Trinajstić information content (AvgIpc) is 2.67. The molecule has 0 aromatic heterocycles. The first-order chi connectivity index (χ1) is 14.2. The number of ether oxygens (including phenoxy) is 1. The minimum absolute atomic E-state index is 0.0735. The third kappa shape index (κ3) is 5.03. The van der Waals surface area contributed by atoms with E-state index in [1.165, 1.54) is 5.20 Å². The lowest BCUT2D eigenvalue weighted by atomic mass is 10.1. The number of carbonyl (C=O) groups is 1. The summed E-state index contributed by atoms with van der Waals surface area (Å²) in [4.78, 5) is 15.0. The van der Waals surface area contributed by atoms with Crippen molar-refractivity contribution >= 4 is 25.8 Å². The average molecular weight is 448 g/mol. The Labute approximate surface area is 189 Å². The molecule has 1 amide bonds. The number of hydrogen-bond acceptors (Lipinski definition) is 2. The van der Waals surface area contributed by atoms with Crippen molar-refractivity contribution in [3.63, 3.8) is 0 Å². The lowest BCUT2D eigenvalue weighted by Crippen LogP contribution is -2.50. The van der Waals surface area contributed by atoms with Crippen LogP contribution in [0.1, 0.15) is 67.7 Å². The van der Waals surface area contributed by atoms with Gasteiger partial charge in [0, 0.05) is 11.2 Å². The third-order valence-electron chi connectivity index (χ3n) is 6.57. The molecule has 5 heteroatoms. The van der Waals surface area contributed by atoms with Gasteiger partial charge in [-0.1, -0.05) is 91.1 Å². The van der Waals surface area contributed by atoms with E-state index in [9.17, 15) is 4.79 Å². The van der Waals surface area contributed by atoms with Crippen molar-refractivity contribution in [2.24, 2.45) is 0 Å². The Morgan fingerprint density at radius 2 is 1.63 bits per heavy atom. The number of halogens is 1. The van der Waals surface area contributed by atoms with E-state index in [0.29, 0.717) is 22.4 Å². The Bertz CT molecular complexity index is 749. The van der Waals surface area contributed by atoms with E-state index < -0.39 is 8.07 Å². The summed E-state index contributed by atoms with van der Waals surface area (Å²) in [5.41, 5.74) is 1.51. The van der Waals surface area contributed by atoms with E-state index in [1.54, 1.807) is 4.90 Å². The second-order valence-electron chi connectivity index (χ2n) is 9.25. The van der Waals surface area contributed by atoms with Crippen LogP contribution < -0.4 is 4.74 Å². The Kier molecular flexibility index (Phi) is 8.81. The molecule has 1 aliphatic rings. The van der Waals surface area contributed by atoms with Gasteiger partial charge in [-0.3, -0.25) is 4.90 Å². The highest BCUT2D eigenvalue weighted by Gasteiger charge is 2.48.